The molecule has 5 heteroatoms. The van der Waals surface area contributed by atoms with Crippen molar-refractivity contribution in [3.05, 3.63) is 12.1 Å². The first-order chi connectivity index (χ1) is 5.92. The summed E-state index contributed by atoms with van der Waals surface area (Å²) in [5.41, 5.74) is 1.22. The Bertz CT molecular complexity index is 141. The fourth-order valence-corrected chi connectivity index (χ4v) is 0.214. The molecule has 0 rings (SSSR count). The molecule has 0 aliphatic rings. The van der Waals surface area contributed by atoms with Crippen LogP contribution in [-0.2, 0) is 9.59 Å². The van der Waals surface area contributed by atoms with Gasteiger partial charge in [-0.1, -0.05) is 25.1 Å². The van der Waals surface area contributed by atoms with Crippen molar-refractivity contribution in [2.24, 2.45) is 0 Å². The SMILES string of the molecule is C=CCl.CC(=O)O.CCCC(=O)O. The highest BCUT2D eigenvalue weighted by Gasteiger charge is 1.87. The van der Waals surface area contributed by atoms with Gasteiger partial charge < -0.3 is 10.2 Å². The van der Waals surface area contributed by atoms with Crippen molar-refractivity contribution < 1.29 is 19.8 Å². The number of carboxylic acid groups (broad SMARTS) is 2. The molecule has 0 heterocycles. The lowest BCUT2D eigenvalue weighted by atomic mass is 10.4. The Balaban J connectivity index is -0.000000125. The highest BCUT2D eigenvalue weighted by atomic mass is 35.5. The molecular weight excluding hydrogens is 196 g/mol. The zero-order valence-corrected chi connectivity index (χ0v) is 8.54. The molecule has 0 spiro atoms. The van der Waals surface area contributed by atoms with Crippen LogP contribution in [0.2, 0.25) is 0 Å². The molecule has 0 aliphatic heterocycles. The number of hydrogen-bond acceptors (Lipinski definition) is 2. The van der Waals surface area contributed by atoms with Crippen LogP contribution in [0.5, 0.6) is 0 Å². The zero-order valence-electron chi connectivity index (χ0n) is 7.79. The van der Waals surface area contributed by atoms with E-state index in [9.17, 15) is 4.79 Å². The van der Waals surface area contributed by atoms with Gasteiger partial charge in [-0.2, -0.15) is 0 Å². The van der Waals surface area contributed by atoms with Crippen molar-refractivity contribution in [3.8, 4) is 0 Å². The molecule has 4 nitrogen and oxygen atoms in total. The molecule has 0 atom stereocenters. The first-order valence-corrected chi connectivity index (χ1v) is 3.98. The molecule has 0 radical (unpaired) electrons. The number of aliphatic carboxylic acids is 2. The maximum atomic E-state index is 9.60. The summed E-state index contributed by atoms with van der Waals surface area (Å²) in [6.07, 6.45) is 1.02. The van der Waals surface area contributed by atoms with E-state index in [2.05, 4.69) is 6.58 Å². The van der Waals surface area contributed by atoms with Crippen molar-refractivity contribution >= 4 is 23.5 Å². The smallest absolute Gasteiger partial charge is 0.303 e. The molecule has 0 aromatic carbocycles. The molecule has 13 heavy (non-hydrogen) atoms. The summed E-state index contributed by atoms with van der Waals surface area (Å²) in [6.45, 7) is 6.05. The van der Waals surface area contributed by atoms with Gasteiger partial charge in [0.05, 0.1) is 0 Å². The minimum absolute atomic E-state index is 0.292. The normalized spacial score (nSPS) is 6.69. The maximum Gasteiger partial charge on any atom is 0.303 e. The maximum absolute atomic E-state index is 9.60. The van der Waals surface area contributed by atoms with Crippen LogP contribution in [0, 0.1) is 0 Å². The van der Waals surface area contributed by atoms with Gasteiger partial charge in [0, 0.05) is 13.3 Å². The monoisotopic (exact) mass is 210 g/mol. The van der Waals surface area contributed by atoms with Crippen molar-refractivity contribution in [2.45, 2.75) is 26.7 Å². The summed E-state index contributed by atoms with van der Waals surface area (Å²) in [6, 6.07) is 0. The lowest BCUT2D eigenvalue weighted by Crippen LogP contribution is -1.90. The molecule has 0 unspecified atom stereocenters. The van der Waals surface area contributed by atoms with Crippen LogP contribution in [0.4, 0.5) is 0 Å². The van der Waals surface area contributed by atoms with E-state index in [0.29, 0.717) is 6.42 Å². The van der Waals surface area contributed by atoms with E-state index in [4.69, 9.17) is 26.6 Å². The molecule has 0 aromatic rings. The van der Waals surface area contributed by atoms with E-state index in [0.717, 1.165) is 13.3 Å². The van der Waals surface area contributed by atoms with Gasteiger partial charge >= 0.3 is 5.97 Å². The van der Waals surface area contributed by atoms with E-state index in [1.54, 1.807) is 0 Å². The Kier molecular flexibility index (Phi) is 23.6. The van der Waals surface area contributed by atoms with Gasteiger partial charge in [0.25, 0.3) is 5.97 Å². The third kappa shape index (κ3) is 227. The highest BCUT2D eigenvalue weighted by molar-refractivity contribution is 6.25. The lowest BCUT2D eigenvalue weighted by molar-refractivity contribution is -0.137. The van der Waals surface area contributed by atoms with E-state index >= 15 is 0 Å². The van der Waals surface area contributed by atoms with Crippen LogP contribution in [0.25, 0.3) is 0 Å². The van der Waals surface area contributed by atoms with E-state index in [1.165, 1.54) is 5.54 Å². The molecule has 0 aliphatic carbocycles. The third-order valence-corrected chi connectivity index (χ3v) is 0.464. The molecule has 0 fully saturated rings. The molecule has 0 bridgehead atoms. The second kappa shape index (κ2) is 17.2. The standard InChI is InChI=1S/C4H8O2.C2H3Cl.C2H4O2/c1-2-3-4(5)6;1-2-3;1-2(3)4/h2-3H2,1H3,(H,5,6);2H,1H2;1H3,(H,3,4). The van der Waals surface area contributed by atoms with Crippen molar-refractivity contribution in [3.63, 3.8) is 0 Å². The average molecular weight is 211 g/mol. The Morgan fingerprint density at radius 3 is 1.69 bits per heavy atom. The van der Waals surface area contributed by atoms with E-state index < -0.39 is 11.9 Å². The van der Waals surface area contributed by atoms with Crippen LogP contribution in [0.3, 0.4) is 0 Å². The molecule has 2 N–H and O–H groups in total. The minimum atomic E-state index is -0.833. The van der Waals surface area contributed by atoms with Crippen molar-refractivity contribution in [1.29, 1.82) is 0 Å². The topological polar surface area (TPSA) is 74.6 Å². The summed E-state index contributed by atoms with van der Waals surface area (Å²) in [4.78, 5) is 18.6. The minimum Gasteiger partial charge on any atom is -0.481 e. The van der Waals surface area contributed by atoms with Crippen molar-refractivity contribution in [2.75, 3.05) is 0 Å². The fraction of sp³-hybridized carbons (Fsp3) is 0.500. The number of carbonyl (C=O) groups is 2. The summed E-state index contributed by atoms with van der Waals surface area (Å²) in [5.74, 6) is -1.54. The van der Waals surface area contributed by atoms with Crippen molar-refractivity contribution in [1.82, 2.24) is 0 Å². The zero-order chi connectivity index (χ0) is 11.3. The lowest BCUT2D eigenvalue weighted by Gasteiger charge is -1.79. The summed E-state index contributed by atoms with van der Waals surface area (Å²) < 4.78 is 0. The quantitative estimate of drug-likeness (QED) is 0.734. The van der Waals surface area contributed by atoms with Crippen LogP contribution in [-0.4, -0.2) is 22.2 Å². The number of rotatable bonds is 2. The number of carboxylic acids is 2. The fourth-order valence-electron chi connectivity index (χ4n) is 0.214. The molecule has 0 saturated carbocycles. The predicted octanol–water partition coefficient (Wildman–Crippen LogP) is 2.33. The molecule has 78 valence electrons. The molecule has 0 saturated heterocycles. The summed E-state index contributed by atoms with van der Waals surface area (Å²) in [7, 11) is 0. The van der Waals surface area contributed by atoms with Gasteiger partial charge in [-0.25, -0.2) is 0 Å². The van der Waals surface area contributed by atoms with Crippen LogP contribution >= 0.6 is 11.6 Å². The second-order valence-electron chi connectivity index (χ2n) is 1.82. The summed E-state index contributed by atoms with van der Waals surface area (Å²) >= 11 is 4.76. The molecule has 0 amide bonds. The van der Waals surface area contributed by atoms with Gasteiger partial charge in [-0.15, -0.1) is 0 Å². The van der Waals surface area contributed by atoms with Gasteiger partial charge in [0.15, 0.2) is 0 Å². The number of hydrogen-bond donors (Lipinski definition) is 2. The van der Waals surface area contributed by atoms with Gasteiger partial charge in [-0.3, -0.25) is 9.59 Å². The Morgan fingerprint density at radius 1 is 1.46 bits per heavy atom. The van der Waals surface area contributed by atoms with Gasteiger partial charge in [0.2, 0.25) is 0 Å². The largest absolute Gasteiger partial charge is 0.481 e. The van der Waals surface area contributed by atoms with Gasteiger partial charge in [0.1, 0.15) is 0 Å². The molecular formula is C8H15ClO4. The Hall–Kier alpha value is -1.03. The predicted molar refractivity (Wildman–Crippen MR) is 51.9 cm³/mol. The Morgan fingerprint density at radius 2 is 1.69 bits per heavy atom. The first-order valence-electron chi connectivity index (χ1n) is 3.54. The van der Waals surface area contributed by atoms with Crippen LogP contribution in [0.15, 0.2) is 12.1 Å². The summed E-state index contributed by atoms with van der Waals surface area (Å²) in [5, 5.41) is 15.3. The highest BCUT2D eigenvalue weighted by Crippen LogP contribution is 1.82. The molecule has 0 aromatic heterocycles. The van der Waals surface area contributed by atoms with Gasteiger partial charge in [-0.05, 0) is 12.0 Å². The van der Waals surface area contributed by atoms with Crippen LogP contribution < -0.4 is 0 Å². The first kappa shape index (κ1) is 17.9. The number of halogens is 1. The van der Waals surface area contributed by atoms with E-state index in [-0.39, 0.29) is 0 Å². The Labute approximate surface area is 82.8 Å². The third-order valence-electron chi connectivity index (χ3n) is 0.464. The average Bonchev–Trinajstić information content (AvgIpc) is 1.86. The van der Waals surface area contributed by atoms with E-state index in [1.807, 2.05) is 6.92 Å². The second-order valence-corrected chi connectivity index (χ2v) is 2.13. The van der Waals surface area contributed by atoms with Crippen LogP contribution in [0.1, 0.15) is 26.7 Å².